The Hall–Kier alpha value is -2.92. The fraction of sp³-hybridized carbons (Fsp3) is 0.273. The summed E-state index contributed by atoms with van der Waals surface area (Å²) in [6.07, 6.45) is -0.539. The molecule has 1 spiro atoms. The number of aliphatic hydroxyl groups excluding tert-OH is 1. The highest BCUT2D eigenvalue weighted by Gasteiger charge is 2.64. The number of carbonyl (C=O) groups is 2. The normalized spacial score (nSPS) is 26.1. The first kappa shape index (κ1) is 16.3. The molecule has 2 bridgehead atoms. The molecule has 5 nitrogen and oxygen atoms in total. The van der Waals surface area contributed by atoms with Crippen LogP contribution in [0.15, 0.2) is 48.5 Å². The van der Waals surface area contributed by atoms with Crippen LogP contribution >= 0.6 is 0 Å². The number of esters is 2. The molecule has 0 unspecified atom stereocenters. The molecule has 0 amide bonds. The number of rotatable bonds is 2. The molecule has 0 saturated carbocycles. The standard InChI is InChI=1S/C22H18O5/c1-26-20(24)19-17(11-23)27-21(25)22(19)10-16-12-6-2-4-8-14(12)18(22)15-9-5-3-7-13(15)16/h2-9,17,19,23H,10-11H2,1H3/t17-,19-,22-/m0/s1. The average molecular weight is 362 g/mol. The second-order valence-corrected chi connectivity index (χ2v) is 7.22. The molecular formula is C22H18O5. The van der Waals surface area contributed by atoms with Crippen molar-refractivity contribution in [2.75, 3.05) is 13.7 Å². The molecule has 1 heterocycles. The summed E-state index contributed by atoms with van der Waals surface area (Å²) in [6, 6.07) is 15.9. The molecule has 27 heavy (non-hydrogen) atoms. The predicted octanol–water partition coefficient (Wildman–Crippen LogP) is 2.49. The van der Waals surface area contributed by atoms with Gasteiger partial charge in [0.05, 0.1) is 13.7 Å². The Morgan fingerprint density at radius 2 is 1.67 bits per heavy atom. The molecule has 1 N–H and O–H groups in total. The molecule has 3 aromatic rings. The molecule has 1 saturated heterocycles. The minimum Gasteiger partial charge on any atom is -0.469 e. The quantitative estimate of drug-likeness (QED) is 0.560. The summed E-state index contributed by atoms with van der Waals surface area (Å²) in [4.78, 5) is 25.9. The van der Waals surface area contributed by atoms with Crippen LogP contribution in [0.25, 0.3) is 21.5 Å². The lowest BCUT2D eigenvalue weighted by atomic mass is 9.59. The summed E-state index contributed by atoms with van der Waals surface area (Å²) in [7, 11) is 1.30. The van der Waals surface area contributed by atoms with Gasteiger partial charge in [0.1, 0.15) is 17.4 Å². The summed E-state index contributed by atoms with van der Waals surface area (Å²) in [5, 5.41) is 13.8. The fourth-order valence-corrected chi connectivity index (χ4v) is 5.07. The zero-order valence-corrected chi connectivity index (χ0v) is 14.8. The van der Waals surface area contributed by atoms with Crippen molar-refractivity contribution in [1.82, 2.24) is 0 Å². The molecule has 3 atom stereocenters. The zero-order chi connectivity index (χ0) is 18.8. The predicted molar refractivity (Wildman–Crippen MR) is 99.3 cm³/mol. The molecule has 3 aliphatic rings. The highest BCUT2D eigenvalue weighted by molar-refractivity contribution is 6.14. The second kappa shape index (κ2) is 5.54. The molecule has 0 radical (unpaired) electrons. The van der Waals surface area contributed by atoms with E-state index in [1.54, 1.807) is 0 Å². The van der Waals surface area contributed by atoms with Gasteiger partial charge in [0.2, 0.25) is 0 Å². The van der Waals surface area contributed by atoms with Crippen molar-refractivity contribution in [1.29, 1.82) is 0 Å². The van der Waals surface area contributed by atoms with Gasteiger partial charge in [-0.1, -0.05) is 48.5 Å². The molecular weight excluding hydrogens is 344 g/mol. The van der Waals surface area contributed by atoms with Gasteiger partial charge in [-0.2, -0.15) is 0 Å². The molecule has 6 rings (SSSR count). The summed E-state index contributed by atoms with van der Waals surface area (Å²) in [5.41, 5.74) is 0.666. The van der Waals surface area contributed by atoms with Crippen molar-refractivity contribution in [3.05, 3.63) is 59.7 Å². The van der Waals surface area contributed by atoms with Gasteiger partial charge in [0, 0.05) is 0 Å². The molecule has 5 heteroatoms. The molecule has 136 valence electrons. The number of ether oxygens (including phenoxy) is 2. The third kappa shape index (κ3) is 1.87. The van der Waals surface area contributed by atoms with Crippen LogP contribution in [0.5, 0.6) is 0 Å². The average Bonchev–Trinajstić information content (AvgIpc) is 2.99. The van der Waals surface area contributed by atoms with Gasteiger partial charge in [-0.25, -0.2) is 0 Å². The first-order chi connectivity index (χ1) is 13.1. The van der Waals surface area contributed by atoms with Crippen LogP contribution in [0.1, 0.15) is 11.1 Å². The zero-order valence-electron chi connectivity index (χ0n) is 14.8. The van der Waals surface area contributed by atoms with Gasteiger partial charge in [-0.05, 0) is 39.1 Å². The third-order valence-electron chi connectivity index (χ3n) is 6.11. The van der Waals surface area contributed by atoms with E-state index >= 15 is 0 Å². The Morgan fingerprint density at radius 1 is 1.11 bits per heavy atom. The van der Waals surface area contributed by atoms with Crippen LogP contribution in [-0.2, 0) is 30.9 Å². The van der Waals surface area contributed by atoms with Crippen molar-refractivity contribution in [3.8, 4) is 0 Å². The number of cyclic esters (lactones) is 1. The van der Waals surface area contributed by atoms with Gasteiger partial charge in [0.25, 0.3) is 0 Å². The van der Waals surface area contributed by atoms with E-state index in [0.717, 1.165) is 32.7 Å². The van der Waals surface area contributed by atoms with Gasteiger partial charge in [-0.3, -0.25) is 9.59 Å². The molecule has 2 aliphatic carbocycles. The Bertz CT molecular complexity index is 1060. The van der Waals surface area contributed by atoms with Crippen LogP contribution in [0.4, 0.5) is 0 Å². The Labute approximate surface area is 155 Å². The van der Waals surface area contributed by atoms with Gasteiger partial charge < -0.3 is 14.6 Å². The van der Waals surface area contributed by atoms with Crippen molar-refractivity contribution in [2.45, 2.75) is 17.9 Å². The van der Waals surface area contributed by atoms with E-state index in [9.17, 15) is 14.7 Å². The van der Waals surface area contributed by atoms with Crippen molar-refractivity contribution >= 4 is 33.5 Å². The smallest absolute Gasteiger partial charge is 0.318 e. The number of hydrogen-bond donors (Lipinski definition) is 1. The Balaban J connectivity index is 1.93. The lowest BCUT2D eigenvalue weighted by Gasteiger charge is -2.39. The maximum Gasteiger partial charge on any atom is 0.318 e. The van der Waals surface area contributed by atoms with E-state index in [1.807, 2.05) is 48.5 Å². The number of carbonyl (C=O) groups excluding carboxylic acids is 2. The van der Waals surface area contributed by atoms with Crippen molar-refractivity contribution in [2.24, 2.45) is 5.92 Å². The minimum absolute atomic E-state index is 0.367. The minimum atomic E-state index is -1.17. The second-order valence-electron chi connectivity index (χ2n) is 7.22. The Kier molecular flexibility index (Phi) is 3.34. The topological polar surface area (TPSA) is 72.8 Å². The van der Waals surface area contributed by atoms with E-state index in [4.69, 9.17) is 9.47 Å². The highest BCUT2D eigenvalue weighted by Crippen LogP contribution is 2.55. The number of hydrogen-bond acceptors (Lipinski definition) is 5. The summed E-state index contributed by atoms with van der Waals surface area (Å²) < 4.78 is 10.5. The number of methoxy groups -OCH3 is 1. The summed E-state index contributed by atoms with van der Waals surface area (Å²) in [5.74, 6) is -1.88. The monoisotopic (exact) mass is 362 g/mol. The molecule has 3 aromatic carbocycles. The van der Waals surface area contributed by atoms with Crippen LogP contribution in [-0.4, -0.2) is 36.9 Å². The van der Waals surface area contributed by atoms with E-state index in [0.29, 0.717) is 6.42 Å². The van der Waals surface area contributed by atoms with Gasteiger partial charge >= 0.3 is 11.9 Å². The first-order valence-electron chi connectivity index (χ1n) is 8.96. The van der Waals surface area contributed by atoms with Crippen LogP contribution in [0.3, 0.4) is 0 Å². The SMILES string of the molecule is COC(=O)[C@@H]1[C@H](CO)OC(=O)[C@]12Cc1c3ccccc3c2c2ccccc12. The lowest BCUT2D eigenvalue weighted by molar-refractivity contribution is -0.149. The summed E-state index contributed by atoms with van der Waals surface area (Å²) >= 11 is 0. The van der Waals surface area contributed by atoms with E-state index in [-0.39, 0.29) is 0 Å². The highest BCUT2D eigenvalue weighted by atomic mass is 16.6. The maximum atomic E-state index is 13.2. The first-order valence-corrected chi connectivity index (χ1v) is 8.96. The lowest BCUT2D eigenvalue weighted by Crippen LogP contribution is -2.48. The van der Waals surface area contributed by atoms with Gasteiger partial charge in [0.15, 0.2) is 0 Å². The van der Waals surface area contributed by atoms with E-state index in [2.05, 4.69) is 0 Å². The van der Waals surface area contributed by atoms with Crippen molar-refractivity contribution in [3.63, 3.8) is 0 Å². The van der Waals surface area contributed by atoms with Crippen LogP contribution in [0.2, 0.25) is 0 Å². The van der Waals surface area contributed by atoms with Crippen LogP contribution < -0.4 is 0 Å². The molecule has 0 aromatic heterocycles. The fourth-order valence-electron chi connectivity index (χ4n) is 5.07. The number of aliphatic hydroxyl groups is 1. The molecule has 1 aliphatic heterocycles. The maximum absolute atomic E-state index is 13.2. The Morgan fingerprint density at radius 3 is 2.19 bits per heavy atom. The van der Waals surface area contributed by atoms with E-state index < -0.39 is 36.0 Å². The van der Waals surface area contributed by atoms with Crippen molar-refractivity contribution < 1.29 is 24.2 Å². The molecule has 1 fully saturated rings. The van der Waals surface area contributed by atoms with Gasteiger partial charge in [-0.15, -0.1) is 0 Å². The third-order valence-corrected chi connectivity index (χ3v) is 6.11. The largest absolute Gasteiger partial charge is 0.469 e. The van der Waals surface area contributed by atoms with Crippen LogP contribution in [0, 0.1) is 5.92 Å². The van der Waals surface area contributed by atoms with E-state index in [1.165, 1.54) is 7.11 Å². The summed E-state index contributed by atoms with van der Waals surface area (Å²) in [6.45, 7) is -0.417. The number of benzene rings is 3.